The molecule has 601 valence electrons. The van der Waals surface area contributed by atoms with Crippen molar-refractivity contribution in [3.05, 3.63) is 331 Å². The van der Waals surface area contributed by atoms with Gasteiger partial charge in [-0.15, -0.1) is 34.0 Å². The van der Waals surface area contributed by atoms with E-state index in [0.29, 0.717) is 25.3 Å². The molecule has 9 N–H and O–H groups in total. The third kappa shape index (κ3) is 26.3. The Bertz CT molecular complexity index is 5460. The Morgan fingerprint density at radius 1 is 0.331 bits per heavy atom. The summed E-state index contributed by atoms with van der Waals surface area (Å²) >= 11 is 15.6. The Kier molecular flexibility index (Phi) is 36.0. The topological polar surface area (TPSA) is 172 Å². The van der Waals surface area contributed by atoms with E-state index < -0.39 is 7.12 Å². The first-order chi connectivity index (χ1) is 57.7. The van der Waals surface area contributed by atoms with Crippen molar-refractivity contribution in [3.8, 4) is 56.3 Å². The summed E-state index contributed by atoms with van der Waals surface area (Å²) in [5, 5.41) is 42.8. The van der Waals surface area contributed by atoms with E-state index in [2.05, 4.69) is 287 Å². The quantitative estimate of drug-likeness (QED) is 0.0276. The molecule has 0 bridgehead atoms. The Morgan fingerprint density at radius 3 is 0.898 bits per heavy atom. The number of rotatable bonds is 27. The van der Waals surface area contributed by atoms with Gasteiger partial charge in [0, 0.05) is 80.4 Å². The highest BCUT2D eigenvalue weighted by Gasteiger charge is 2.16. The highest BCUT2D eigenvalue weighted by Crippen LogP contribution is 2.42. The smallest absolute Gasteiger partial charge is 0.537 e. The minimum absolute atomic E-state index is 0.451. The Hall–Kier alpha value is -8.86. The lowest BCUT2D eigenvalue weighted by molar-refractivity contribution is 0.426. The molecule has 0 aliphatic carbocycles. The molecular formula is C102H104B2Br3N4O4S3. The average Bonchev–Trinajstić information content (AvgIpc) is 1.62. The fraction of sp³-hybridized carbons (Fsp3) is 0.225. The van der Waals surface area contributed by atoms with Gasteiger partial charge >= 0.3 is 14.8 Å². The summed E-state index contributed by atoms with van der Waals surface area (Å²) in [5.41, 5.74) is 37.2. The van der Waals surface area contributed by atoms with Crippen LogP contribution in [0.1, 0.15) is 124 Å². The molecule has 0 fully saturated rings. The summed E-state index contributed by atoms with van der Waals surface area (Å²) < 4.78 is 15.9. The lowest BCUT2D eigenvalue weighted by Gasteiger charge is -2.07. The molecule has 0 saturated carbocycles. The van der Waals surface area contributed by atoms with Crippen molar-refractivity contribution in [2.45, 2.75) is 130 Å². The van der Waals surface area contributed by atoms with Crippen LogP contribution in [0.2, 0.25) is 0 Å². The summed E-state index contributed by atoms with van der Waals surface area (Å²) in [4.78, 5) is 0. The fourth-order valence-electron chi connectivity index (χ4n) is 14.3. The summed E-state index contributed by atoms with van der Waals surface area (Å²) in [6.45, 7) is 8.97. The van der Waals surface area contributed by atoms with Crippen molar-refractivity contribution < 1.29 is 19.7 Å². The van der Waals surface area contributed by atoms with Gasteiger partial charge in [0.05, 0.1) is 6.07 Å². The second kappa shape index (κ2) is 47.2. The van der Waals surface area contributed by atoms with Gasteiger partial charge in [0.25, 0.3) is 0 Å². The van der Waals surface area contributed by atoms with Crippen molar-refractivity contribution in [2.24, 2.45) is 17.2 Å². The van der Waals surface area contributed by atoms with Crippen LogP contribution in [0.15, 0.2) is 292 Å². The second-order valence-electron chi connectivity index (χ2n) is 29.5. The molecule has 0 saturated heterocycles. The number of nitriles is 1. The van der Waals surface area contributed by atoms with Gasteiger partial charge in [-0.25, -0.2) is 0 Å². The summed E-state index contributed by atoms with van der Waals surface area (Å²) in [5.74, 6) is 0.532. The zero-order valence-electron chi connectivity index (χ0n) is 67.6. The third-order valence-electron chi connectivity index (χ3n) is 20.6. The number of thiophene rings is 3. The molecule has 0 aliphatic heterocycles. The van der Waals surface area contributed by atoms with Crippen LogP contribution in [0.5, 0.6) is 5.75 Å². The second-order valence-corrected chi connectivity index (χ2v) is 35.5. The highest BCUT2D eigenvalue weighted by atomic mass is 79.9. The molecule has 8 nitrogen and oxygen atoms in total. The molecular weight excluding hydrogens is 1700 g/mol. The third-order valence-corrected chi connectivity index (χ3v) is 25.5. The first kappa shape index (κ1) is 89.9. The monoisotopic (exact) mass is 1800 g/mol. The van der Waals surface area contributed by atoms with Crippen LogP contribution in [-0.2, 0) is 44.9 Å². The minimum atomic E-state index is -1.48. The van der Waals surface area contributed by atoms with Crippen LogP contribution in [0.3, 0.4) is 0 Å². The number of halogens is 3. The highest BCUT2D eigenvalue weighted by molar-refractivity contribution is 9.11. The zero-order chi connectivity index (χ0) is 83.0. The first-order valence-corrected chi connectivity index (χ1v) is 45.9. The zero-order valence-corrected chi connectivity index (χ0v) is 74.9. The molecule has 0 amide bonds. The van der Waals surface area contributed by atoms with E-state index in [4.69, 9.17) is 32.1 Å². The number of benzene rings is 13. The van der Waals surface area contributed by atoms with Crippen LogP contribution < -0.4 is 27.3 Å². The Balaban J connectivity index is 0.000000148. The van der Waals surface area contributed by atoms with Gasteiger partial charge in [0.2, 0.25) is 0 Å². The maximum Gasteiger partial charge on any atom is 0.569 e. The molecule has 3 aromatic heterocycles. The molecule has 16 heteroatoms. The van der Waals surface area contributed by atoms with Gasteiger partial charge in [-0.2, -0.15) is 5.26 Å². The van der Waals surface area contributed by atoms with Crippen LogP contribution in [0.4, 0.5) is 0 Å². The summed E-state index contributed by atoms with van der Waals surface area (Å²) in [6.07, 6.45) is 18.7. The van der Waals surface area contributed by atoms with Crippen LogP contribution in [0.25, 0.3) is 105 Å². The average molecular weight is 1810 g/mol. The molecule has 0 unspecified atom stereocenters. The molecule has 16 rings (SSSR count). The van der Waals surface area contributed by atoms with Crippen molar-refractivity contribution >= 4 is 163 Å². The number of nitrogens with zero attached hydrogens (tertiary/aromatic N) is 1. The van der Waals surface area contributed by atoms with E-state index in [1.807, 2.05) is 71.2 Å². The van der Waals surface area contributed by atoms with Gasteiger partial charge in [0.15, 0.2) is 0 Å². The van der Waals surface area contributed by atoms with Crippen LogP contribution in [0, 0.1) is 11.3 Å². The maximum absolute atomic E-state index is 9.23. The molecule has 3 heterocycles. The van der Waals surface area contributed by atoms with Gasteiger partial charge in [-0.05, 0) is 301 Å². The molecule has 0 aliphatic rings. The van der Waals surface area contributed by atoms with Gasteiger partial charge < -0.3 is 36.9 Å². The molecule has 0 atom stereocenters. The molecule has 118 heavy (non-hydrogen) atoms. The van der Waals surface area contributed by atoms with Crippen molar-refractivity contribution in [2.75, 3.05) is 19.6 Å². The fourth-order valence-corrected chi connectivity index (χ4v) is 18.8. The number of nitrogens with two attached hydrogens (primary N) is 3. The van der Waals surface area contributed by atoms with E-state index in [1.165, 1.54) is 173 Å². The van der Waals surface area contributed by atoms with Gasteiger partial charge in [0.1, 0.15) is 5.75 Å². The molecule has 1 radical (unpaired) electrons. The van der Waals surface area contributed by atoms with Crippen molar-refractivity contribution in [3.63, 3.8) is 0 Å². The number of aryl methyl sites for hydroxylation is 7. The minimum Gasteiger partial charge on any atom is -0.537 e. The number of hydrogen-bond acceptors (Lipinski definition) is 11. The van der Waals surface area contributed by atoms with Crippen LogP contribution in [-0.4, -0.2) is 49.5 Å². The normalized spacial score (nSPS) is 10.9. The predicted octanol–water partition coefficient (Wildman–Crippen LogP) is 26.9. The van der Waals surface area contributed by atoms with E-state index >= 15 is 0 Å². The molecule has 0 spiro atoms. The van der Waals surface area contributed by atoms with Gasteiger partial charge in [-0.1, -0.05) is 258 Å². The predicted molar refractivity (Wildman–Crippen MR) is 522 cm³/mol. The Morgan fingerprint density at radius 2 is 0.602 bits per heavy atom. The number of fused-ring (bicyclic) bond motifs is 9. The largest absolute Gasteiger partial charge is 0.569 e. The number of unbranched alkanes of at least 4 members (excludes halogenated alkanes) is 3. The summed E-state index contributed by atoms with van der Waals surface area (Å²) in [7, 11) is -0.844. The van der Waals surface area contributed by atoms with E-state index in [0.717, 1.165) is 107 Å². The first-order valence-electron chi connectivity index (χ1n) is 41.1. The van der Waals surface area contributed by atoms with E-state index in [1.54, 1.807) is 29.5 Å². The summed E-state index contributed by atoms with van der Waals surface area (Å²) in [6, 6.07) is 102. The van der Waals surface area contributed by atoms with Crippen LogP contribution >= 0.6 is 81.8 Å². The Labute approximate surface area is 735 Å². The molecule has 13 aromatic carbocycles. The lowest BCUT2D eigenvalue weighted by Crippen LogP contribution is -2.29. The molecule has 16 aromatic rings. The van der Waals surface area contributed by atoms with E-state index in [-0.39, 0.29) is 0 Å². The standard InChI is InChI=1S/C32H32S.C30H30N2S.C12H9B2O4S.C10H13Br.C9H12BrN.C9H8BrN/c1-3-5-9-23-11-7-13-25(19-23)27-15-17-31-29(21-27)30-22-28(16-18-32(30)33-31)26-14-8-12-24(20-26)10-6-4-2;31-15-3-7-21-5-1-9-23(17-21)25-11-13-29-27(19-25)28-20-26(12-14-30(28)33-29)24-10-2-6-22(18-24)8-4-16-32;15-13-18-8-2-4-12-10(6-8)9-5-7(14(16)17)1-3-11(9)19-12;1-2-3-5-9-6-4-7-10(11)8-9;2*10-9-5-1-3-8(7-9)4-2-6-11/h7-8,11-22H,3-6,9-10H2,1-2H3;1-2,5-6,9-14,17-20H,3-4,7-8,15-16,31-32H2;1-6,15-17H;4,6-8H,2-3,5H2,1H3;1,3,5,7H,2,4,6,11H2;1,3,5,7H,2,4H2. The van der Waals surface area contributed by atoms with E-state index in [9.17, 15) is 10.0 Å². The van der Waals surface area contributed by atoms with Crippen molar-refractivity contribution in [1.82, 2.24) is 0 Å². The SMILES string of the molecule is CCCCc1cccc(-c2ccc3sc4ccc(-c5cccc(CCCC)c5)cc4c3c2)c1.CCCCc1cccc(Br)c1.N#CCCc1cccc(Br)c1.NCCCc1cccc(-c2ccc3sc4ccc(-c5cccc(CCCN)c5)cc4c3c2)c1.NCCCc1cccc(Br)c1.O[B]Oc1ccc2sc3ccc(B(O)O)cc3c2c1. The maximum atomic E-state index is 9.23. The van der Waals surface area contributed by atoms with Gasteiger partial charge in [-0.3, -0.25) is 0 Å². The lowest BCUT2D eigenvalue weighted by atomic mass is 9.80. The number of hydrogen-bond donors (Lipinski definition) is 6. The van der Waals surface area contributed by atoms with Crippen molar-refractivity contribution in [1.29, 1.82) is 5.26 Å².